The first-order valence-electron chi connectivity index (χ1n) is 7.97. The van der Waals surface area contributed by atoms with Crippen molar-refractivity contribution in [1.29, 1.82) is 0 Å². The average Bonchev–Trinajstić information content (AvgIpc) is 3.01. The lowest BCUT2D eigenvalue weighted by Crippen LogP contribution is -2.37. The molecule has 0 unspecified atom stereocenters. The van der Waals surface area contributed by atoms with Gasteiger partial charge in [0.05, 0.1) is 18.4 Å². The molecule has 2 aromatic carbocycles. The van der Waals surface area contributed by atoms with Gasteiger partial charge in [-0.15, -0.1) is 0 Å². The molecule has 4 heteroatoms. The number of hydrogen-bond donors (Lipinski definition) is 1. The molecule has 3 nitrogen and oxygen atoms in total. The third kappa shape index (κ3) is 2.85. The van der Waals surface area contributed by atoms with Crippen LogP contribution in [0.15, 0.2) is 60.9 Å². The first-order valence-corrected chi connectivity index (χ1v) is 7.97. The molecule has 24 heavy (non-hydrogen) atoms. The van der Waals surface area contributed by atoms with Gasteiger partial charge in [-0.3, -0.25) is 4.68 Å². The van der Waals surface area contributed by atoms with Gasteiger partial charge in [0, 0.05) is 0 Å². The Labute approximate surface area is 141 Å². The summed E-state index contributed by atoms with van der Waals surface area (Å²) >= 11 is 0. The van der Waals surface area contributed by atoms with E-state index in [2.05, 4.69) is 5.10 Å². The van der Waals surface area contributed by atoms with Gasteiger partial charge >= 0.3 is 0 Å². The van der Waals surface area contributed by atoms with Crippen LogP contribution in [0.4, 0.5) is 4.39 Å². The standard InChI is InChI=1S/C20H21FN2O/c1-14-4-8-17(9-5-14)20(24,18-10-6-15(2)7-11-18)16(3)23-13-19(21)12-22-23/h4-13,16,24H,1-3H3/t16-/m0/s1. The van der Waals surface area contributed by atoms with Gasteiger partial charge in [0.15, 0.2) is 5.82 Å². The smallest absolute Gasteiger partial charge is 0.161 e. The van der Waals surface area contributed by atoms with Crippen LogP contribution >= 0.6 is 0 Å². The summed E-state index contributed by atoms with van der Waals surface area (Å²) in [6.45, 7) is 5.84. The lowest BCUT2D eigenvalue weighted by atomic mass is 9.80. The quantitative estimate of drug-likeness (QED) is 0.783. The molecule has 0 aliphatic rings. The van der Waals surface area contributed by atoms with Crippen molar-refractivity contribution < 1.29 is 9.50 Å². The number of rotatable bonds is 4. The van der Waals surface area contributed by atoms with Crippen molar-refractivity contribution in [2.24, 2.45) is 0 Å². The van der Waals surface area contributed by atoms with Crippen molar-refractivity contribution in [1.82, 2.24) is 9.78 Å². The van der Waals surface area contributed by atoms with E-state index in [1.807, 2.05) is 69.3 Å². The molecule has 0 saturated carbocycles. The Balaban J connectivity index is 2.16. The van der Waals surface area contributed by atoms with E-state index in [-0.39, 0.29) is 0 Å². The molecule has 3 aromatic rings. The van der Waals surface area contributed by atoms with Crippen molar-refractivity contribution in [3.05, 3.63) is 89.0 Å². The Hall–Kier alpha value is -2.46. The summed E-state index contributed by atoms with van der Waals surface area (Å²) in [6, 6.07) is 15.0. The lowest BCUT2D eigenvalue weighted by molar-refractivity contribution is 0.0246. The lowest BCUT2D eigenvalue weighted by Gasteiger charge is -2.35. The van der Waals surface area contributed by atoms with Crippen LogP contribution in [-0.2, 0) is 5.60 Å². The number of halogens is 1. The Morgan fingerprint density at radius 1 is 0.958 bits per heavy atom. The molecular weight excluding hydrogens is 303 g/mol. The van der Waals surface area contributed by atoms with Gasteiger partial charge in [0.2, 0.25) is 0 Å². The van der Waals surface area contributed by atoms with Gasteiger partial charge in [0.25, 0.3) is 0 Å². The van der Waals surface area contributed by atoms with Gasteiger partial charge in [-0.2, -0.15) is 5.10 Å². The second kappa shape index (κ2) is 6.21. The topological polar surface area (TPSA) is 38.0 Å². The summed E-state index contributed by atoms with van der Waals surface area (Å²) < 4.78 is 14.9. The molecular formula is C20H21FN2O. The van der Waals surface area contributed by atoms with E-state index in [0.29, 0.717) is 0 Å². The SMILES string of the molecule is Cc1ccc(C(O)(c2ccc(C)cc2)[C@H](C)n2cc(F)cn2)cc1. The summed E-state index contributed by atoms with van der Waals surface area (Å²) in [5.41, 5.74) is 2.41. The number of aromatic nitrogens is 2. The summed E-state index contributed by atoms with van der Waals surface area (Å²) in [5, 5.41) is 15.7. The summed E-state index contributed by atoms with van der Waals surface area (Å²) in [7, 11) is 0. The van der Waals surface area contributed by atoms with Crippen molar-refractivity contribution in [2.45, 2.75) is 32.4 Å². The maximum Gasteiger partial charge on any atom is 0.161 e. The molecule has 0 aliphatic carbocycles. The van der Waals surface area contributed by atoms with E-state index >= 15 is 0 Å². The Bertz CT molecular complexity index is 776. The molecule has 0 bridgehead atoms. The van der Waals surface area contributed by atoms with Crippen LogP contribution in [0.2, 0.25) is 0 Å². The molecule has 1 aromatic heterocycles. The second-order valence-corrected chi connectivity index (χ2v) is 6.31. The fourth-order valence-electron chi connectivity index (χ4n) is 2.98. The number of nitrogens with zero attached hydrogens (tertiary/aromatic N) is 2. The molecule has 0 amide bonds. The minimum absolute atomic E-state index is 0.419. The summed E-state index contributed by atoms with van der Waals surface area (Å²) in [6.07, 6.45) is 2.46. The zero-order valence-corrected chi connectivity index (χ0v) is 14.1. The molecule has 0 aliphatic heterocycles. The van der Waals surface area contributed by atoms with Gasteiger partial charge < -0.3 is 5.11 Å². The highest BCUT2D eigenvalue weighted by Gasteiger charge is 2.39. The van der Waals surface area contributed by atoms with E-state index in [1.165, 1.54) is 10.9 Å². The highest BCUT2D eigenvalue weighted by molar-refractivity contribution is 5.39. The van der Waals surface area contributed by atoms with Crippen LogP contribution in [0.1, 0.15) is 35.2 Å². The minimum atomic E-state index is -1.32. The zero-order valence-electron chi connectivity index (χ0n) is 14.1. The predicted octanol–water partition coefficient (Wildman–Crippen LogP) is 4.14. The highest BCUT2D eigenvalue weighted by Crippen LogP contribution is 2.39. The Morgan fingerprint density at radius 2 is 1.42 bits per heavy atom. The highest BCUT2D eigenvalue weighted by atomic mass is 19.1. The minimum Gasteiger partial charge on any atom is -0.378 e. The third-order valence-corrected chi connectivity index (χ3v) is 4.55. The van der Waals surface area contributed by atoms with Crippen LogP contribution in [0, 0.1) is 19.7 Å². The fraction of sp³-hybridized carbons (Fsp3) is 0.250. The number of aliphatic hydroxyl groups is 1. The molecule has 0 saturated heterocycles. The maximum absolute atomic E-state index is 13.4. The Morgan fingerprint density at radius 3 is 1.79 bits per heavy atom. The molecule has 0 fully saturated rings. The van der Waals surface area contributed by atoms with Crippen LogP contribution in [0.5, 0.6) is 0 Å². The zero-order chi connectivity index (χ0) is 17.3. The number of benzene rings is 2. The predicted molar refractivity (Wildman–Crippen MR) is 92.3 cm³/mol. The molecule has 124 valence electrons. The number of hydrogen-bond acceptors (Lipinski definition) is 2. The summed E-state index contributed by atoms with van der Waals surface area (Å²) in [4.78, 5) is 0. The molecule has 1 atom stereocenters. The van der Waals surface area contributed by atoms with E-state index in [9.17, 15) is 9.50 Å². The molecule has 0 radical (unpaired) electrons. The number of aryl methyl sites for hydroxylation is 2. The van der Waals surface area contributed by atoms with E-state index in [1.54, 1.807) is 0 Å². The fourth-order valence-corrected chi connectivity index (χ4v) is 2.98. The third-order valence-electron chi connectivity index (χ3n) is 4.55. The molecule has 3 rings (SSSR count). The van der Waals surface area contributed by atoms with Crippen molar-refractivity contribution in [3.63, 3.8) is 0 Å². The maximum atomic E-state index is 13.4. The van der Waals surface area contributed by atoms with Crippen LogP contribution in [-0.4, -0.2) is 14.9 Å². The average molecular weight is 324 g/mol. The van der Waals surface area contributed by atoms with Gasteiger partial charge in [-0.1, -0.05) is 59.7 Å². The van der Waals surface area contributed by atoms with Crippen molar-refractivity contribution in [3.8, 4) is 0 Å². The van der Waals surface area contributed by atoms with E-state index in [0.717, 1.165) is 28.5 Å². The van der Waals surface area contributed by atoms with Gasteiger partial charge in [-0.05, 0) is 31.9 Å². The first kappa shape index (κ1) is 16.4. The molecule has 1 N–H and O–H groups in total. The monoisotopic (exact) mass is 324 g/mol. The normalized spacial score (nSPS) is 13.0. The Kier molecular flexibility index (Phi) is 4.24. The van der Waals surface area contributed by atoms with Gasteiger partial charge in [0.1, 0.15) is 5.60 Å². The largest absolute Gasteiger partial charge is 0.378 e. The van der Waals surface area contributed by atoms with Crippen molar-refractivity contribution in [2.75, 3.05) is 0 Å². The summed E-state index contributed by atoms with van der Waals surface area (Å²) in [5.74, 6) is -0.419. The molecule has 1 heterocycles. The van der Waals surface area contributed by atoms with E-state index < -0.39 is 17.5 Å². The van der Waals surface area contributed by atoms with E-state index in [4.69, 9.17) is 0 Å². The van der Waals surface area contributed by atoms with Crippen LogP contribution in [0.3, 0.4) is 0 Å². The van der Waals surface area contributed by atoms with Gasteiger partial charge in [-0.25, -0.2) is 4.39 Å². The first-order chi connectivity index (χ1) is 11.4. The molecule has 0 spiro atoms. The van der Waals surface area contributed by atoms with Crippen LogP contribution in [0.25, 0.3) is 0 Å². The van der Waals surface area contributed by atoms with Crippen molar-refractivity contribution >= 4 is 0 Å². The van der Waals surface area contributed by atoms with Crippen LogP contribution < -0.4 is 0 Å². The second-order valence-electron chi connectivity index (χ2n) is 6.31.